The van der Waals surface area contributed by atoms with E-state index in [1.165, 1.54) is 23.2 Å². The summed E-state index contributed by atoms with van der Waals surface area (Å²) in [7, 11) is -2.54. The summed E-state index contributed by atoms with van der Waals surface area (Å²) in [5.74, 6) is 0. The topological polar surface area (TPSA) is 18.5 Å². The van der Waals surface area contributed by atoms with Crippen molar-refractivity contribution >= 4 is 18.7 Å². The fourth-order valence-corrected chi connectivity index (χ4v) is 8.43. The molecule has 1 atom stereocenters. The molecule has 0 bridgehead atoms. The van der Waals surface area contributed by atoms with E-state index in [2.05, 4.69) is 101 Å². The van der Waals surface area contributed by atoms with Gasteiger partial charge < -0.3 is 9.16 Å². The Labute approximate surface area is 184 Å². The Hall–Kier alpha value is -2.10. The maximum atomic E-state index is 7.01. The number of unbranched alkanes of at least 4 members (excludes halogenated alkanes) is 2. The van der Waals surface area contributed by atoms with E-state index in [0.29, 0.717) is 6.61 Å². The second-order valence-corrected chi connectivity index (χ2v) is 13.0. The first-order chi connectivity index (χ1) is 14.5. The molecule has 0 N–H and O–H groups in total. The standard InChI is InChI=1S/C27H38O2Si/c1-6-8-9-12-17-24(28-22-7-2)23-29-30(27(3,4)5,25-18-13-10-14-19-25)26-20-15-11-16-21-26/h7,10-22,24H,6,8-9,23H2,1-5H3/b17-12+,22-7+. The molecule has 0 amide bonds. The Morgan fingerprint density at radius 3 is 1.97 bits per heavy atom. The van der Waals surface area contributed by atoms with Crippen LogP contribution in [0.1, 0.15) is 53.9 Å². The van der Waals surface area contributed by atoms with Crippen LogP contribution in [0, 0.1) is 0 Å². The highest BCUT2D eigenvalue weighted by Gasteiger charge is 2.50. The smallest absolute Gasteiger partial charge is 0.261 e. The van der Waals surface area contributed by atoms with E-state index in [9.17, 15) is 0 Å². The van der Waals surface area contributed by atoms with Gasteiger partial charge in [-0.15, -0.1) is 0 Å². The number of rotatable bonds is 11. The zero-order valence-electron chi connectivity index (χ0n) is 19.3. The van der Waals surface area contributed by atoms with Crippen molar-refractivity contribution in [1.29, 1.82) is 0 Å². The van der Waals surface area contributed by atoms with Crippen molar-refractivity contribution in [2.45, 2.75) is 65.0 Å². The molecule has 0 aliphatic heterocycles. The van der Waals surface area contributed by atoms with E-state index in [-0.39, 0.29) is 11.1 Å². The van der Waals surface area contributed by atoms with Gasteiger partial charge in [0.2, 0.25) is 0 Å². The van der Waals surface area contributed by atoms with Crippen LogP contribution in [0.3, 0.4) is 0 Å². The van der Waals surface area contributed by atoms with E-state index in [4.69, 9.17) is 9.16 Å². The van der Waals surface area contributed by atoms with Crippen LogP contribution in [-0.2, 0) is 9.16 Å². The van der Waals surface area contributed by atoms with Gasteiger partial charge in [-0.25, -0.2) is 0 Å². The minimum Gasteiger partial charge on any atom is -0.492 e. The van der Waals surface area contributed by atoms with Gasteiger partial charge in [0, 0.05) is 0 Å². The first kappa shape index (κ1) is 24.2. The van der Waals surface area contributed by atoms with Crippen LogP contribution in [-0.4, -0.2) is 21.0 Å². The SMILES string of the molecule is C/C=C/OC(/C=C/CCCC)CO[Si](c1ccccc1)(c1ccccc1)C(C)(C)C. The van der Waals surface area contributed by atoms with E-state index in [1.54, 1.807) is 6.26 Å². The summed E-state index contributed by atoms with van der Waals surface area (Å²) in [5.41, 5.74) is 0. The highest BCUT2D eigenvalue weighted by molar-refractivity contribution is 6.99. The molecule has 3 heteroatoms. The van der Waals surface area contributed by atoms with Gasteiger partial charge in [-0.2, -0.15) is 0 Å². The molecular weight excluding hydrogens is 384 g/mol. The third kappa shape index (κ3) is 6.20. The molecule has 2 nitrogen and oxygen atoms in total. The Morgan fingerprint density at radius 1 is 0.933 bits per heavy atom. The van der Waals surface area contributed by atoms with Crippen LogP contribution in [0.25, 0.3) is 0 Å². The quantitative estimate of drug-likeness (QED) is 0.185. The maximum absolute atomic E-state index is 7.01. The number of allylic oxidation sites excluding steroid dienone is 2. The average molecular weight is 423 g/mol. The highest BCUT2D eigenvalue weighted by atomic mass is 28.4. The van der Waals surface area contributed by atoms with Crippen LogP contribution in [0.15, 0.2) is 85.2 Å². The fourth-order valence-electron chi connectivity index (χ4n) is 3.86. The first-order valence-corrected chi connectivity index (χ1v) is 13.0. The van der Waals surface area contributed by atoms with E-state index in [1.807, 2.05) is 13.0 Å². The molecule has 162 valence electrons. The lowest BCUT2D eigenvalue weighted by molar-refractivity contribution is 0.118. The van der Waals surface area contributed by atoms with Crippen molar-refractivity contribution in [3.8, 4) is 0 Å². The molecule has 0 fully saturated rings. The van der Waals surface area contributed by atoms with Gasteiger partial charge in [0.05, 0.1) is 12.9 Å². The molecule has 0 aliphatic rings. The van der Waals surface area contributed by atoms with Crippen molar-refractivity contribution in [2.24, 2.45) is 0 Å². The molecule has 0 aromatic heterocycles. The van der Waals surface area contributed by atoms with Gasteiger partial charge in [-0.3, -0.25) is 0 Å². The highest BCUT2D eigenvalue weighted by Crippen LogP contribution is 2.36. The van der Waals surface area contributed by atoms with Crippen LogP contribution >= 0.6 is 0 Å². The number of ether oxygens (including phenoxy) is 1. The lowest BCUT2D eigenvalue weighted by Gasteiger charge is -2.43. The van der Waals surface area contributed by atoms with Gasteiger partial charge in [0.1, 0.15) is 6.10 Å². The molecule has 30 heavy (non-hydrogen) atoms. The second kappa shape index (κ2) is 11.9. The van der Waals surface area contributed by atoms with Gasteiger partial charge >= 0.3 is 0 Å². The molecule has 1 unspecified atom stereocenters. The second-order valence-electron chi connectivity index (χ2n) is 8.69. The number of hydrogen-bond acceptors (Lipinski definition) is 2. The summed E-state index contributed by atoms with van der Waals surface area (Å²) in [6.07, 6.45) is 11.5. The molecule has 0 saturated heterocycles. The predicted octanol–water partition coefficient (Wildman–Crippen LogP) is 6.23. The fraction of sp³-hybridized carbons (Fsp3) is 0.407. The lowest BCUT2D eigenvalue weighted by atomic mass is 10.2. The third-order valence-corrected chi connectivity index (χ3v) is 10.4. The molecule has 2 aromatic rings. The molecule has 0 saturated carbocycles. The molecule has 0 spiro atoms. The van der Waals surface area contributed by atoms with Gasteiger partial charge in [-0.05, 0) is 34.8 Å². The van der Waals surface area contributed by atoms with E-state index in [0.717, 1.165) is 6.42 Å². The third-order valence-electron chi connectivity index (χ3n) is 5.35. The van der Waals surface area contributed by atoms with Crippen molar-refractivity contribution < 1.29 is 9.16 Å². The van der Waals surface area contributed by atoms with Crippen molar-refractivity contribution in [1.82, 2.24) is 0 Å². The van der Waals surface area contributed by atoms with E-state index < -0.39 is 8.32 Å². The summed E-state index contributed by atoms with van der Waals surface area (Å²) in [4.78, 5) is 0. The Morgan fingerprint density at radius 2 is 1.50 bits per heavy atom. The Bertz CT molecular complexity index is 736. The number of hydrogen-bond donors (Lipinski definition) is 0. The number of benzene rings is 2. The van der Waals surface area contributed by atoms with Gasteiger partial charge in [0.15, 0.2) is 0 Å². The Balaban J connectivity index is 2.42. The van der Waals surface area contributed by atoms with Crippen LogP contribution in [0.4, 0.5) is 0 Å². The predicted molar refractivity (Wildman–Crippen MR) is 132 cm³/mol. The molecule has 0 radical (unpaired) electrons. The zero-order valence-corrected chi connectivity index (χ0v) is 20.3. The summed E-state index contributed by atoms with van der Waals surface area (Å²) in [5, 5.41) is 2.55. The van der Waals surface area contributed by atoms with E-state index >= 15 is 0 Å². The largest absolute Gasteiger partial charge is 0.492 e. The van der Waals surface area contributed by atoms with Crippen molar-refractivity contribution in [2.75, 3.05) is 6.61 Å². The summed E-state index contributed by atoms with van der Waals surface area (Å²) in [6, 6.07) is 21.5. The molecule has 2 rings (SSSR count). The minimum absolute atomic E-state index is 0.0349. The summed E-state index contributed by atoms with van der Waals surface area (Å²) >= 11 is 0. The Kier molecular flexibility index (Phi) is 9.61. The lowest BCUT2D eigenvalue weighted by Crippen LogP contribution is -2.67. The molecule has 2 aromatic carbocycles. The average Bonchev–Trinajstić information content (AvgIpc) is 2.75. The van der Waals surface area contributed by atoms with Crippen LogP contribution in [0.2, 0.25) is 5.04 Å². The van der Waals surface area contributed by atoms with Crippen LogP contribution in [0.5, 0.6) is 0 Å². The summed E-state index contributed by atoms with van der Waals surface area (Å²) < 4.78 is 13.0. The summed E-state index contributed by atoms with van der Waals surface area (Å²) in [6.45, 7) is 11.6. The van der Waals surface area contributed by atoms with Gasteiger partial charge in [-0.1, -0.05) is 113 Å². The minimum atomic E-state index is -2.54. The zero-order chi connectivity index (χ0) is 21.9. The molecule has 0 heterocycles. The van der Waals surface area contributed by atoms with Crippen LogP contribution < -0.4 is 10.4 Å². The first-order valence-electron chi connectivity index (χ1n) is 11.1. The maximum Gasteiger partial charge on any atom is 0.261 e. The van der Waals surface area contributed by atoms with Crippen molar-refractivity contribution in [3.63, 3.8) is 0 Å². The molecule has 0 aliphatic carbocycles. The van der Waals surface area contributed by atoms with Gasteiger partial charge in [0.25, 0.3) is 8.32 Å². The monoisotopic (exact) mass is 422 g/mol. The molecular formula is C27H38O2Si. The van der Waals surface area contributed by atoms with Crippen molar-refractivity contribution in [3.05, 3.63) is 85.2 Å². The normalized spacial score (nSPS) is 13.8.